The number of ether oxygens (including phenoxy) is 1. The molecule has 4 aliphatic rings. The van der Waals surface area contributed by atoms with Crippen molar-refractivity contribution < 1.29 is 9.53 Å². The van der Waals surface area contributed by atoms with Gasteiger partial charge in [0, 0.05) is 0 Å². The minimum Gasteiger partial charge on any atom is -0.458 e. The molecule has 1 N–H and O–H groups in total. The molecule has 0 aromatic heterocycles. The van der Waals surface area contributed by atoms with Crippen molar-refractivity contribution in [3.8, 4) is 0 Å². The van der Waals surface area contributed by atoms with Crippen LogP contribution < -0.4 is 5.32 Å². The van der Waals surface area contributed by atoms with Crippen LogP contribution in [0.1, 0.15) is 79.6 Å². The van der Waals surface area contributed by atoms with Crippen molar-refractivity contribution in [2.75, 3.05) is 7.05 Å². The minimum absolute atomic E-state index is 0.0412. The summed E-state index contributed by atoms with van der Waals surface area (Å²) in [5.41, 5.74) is -0.275. The molecular formula is C20H35NO2. The molecule has 0 heterocycles. The highest BCUT2D eigenvalue weighted by molar-refractivity contribution is 5.81. The van der Waals surface area contributed by atoms with Crippen LogP contribution in [0.2, 0.25) is 0 Å². The summed E-state index contributed by atoms with van der Waals surface area (Å²) in [7, 11) is 1.88. The Kier molecular flexibility index (Phi) is 3.91. The van der Waals surface area contributed by atoms with Gasteiger partial charge in [0.1, 0.15) is 11.1 Å². The molecule has 0 radical (unpaired) electrons. The monoisotopic (exact) mass is 321 g/mol. The van der Waals surface area contributed by atoms with Gasteiger partial charge in [0.05, 0.1) is 0 Å². The van der Waals surface area contributed by atoms with Crippen molar-refractivity contribution in [3.63, 3.8) is 0 Å². The molecule has 3 nitrogen and oxygen atoms in total. The number of hydrogen-bond acceptors (Lipinski definition) is 3. The maximum absolute atomic E-state index is 13.1. The average molecular weight is 322 g/mol. The normalized spacial score (nSPS) is 41.7. The standard InChI is InChI=1S/C20H35NO2/c1-17(2,3)12-19(5,21-6)16(22)23-20-10-14-7-15(11-20)9-18(4,8-14)13-20/h14-15,21H,7-13H2,1-6H3. The number of likely N-dealkylation sites (N-methyl/N-ethyl adjacent to an activating group) is 1. The lowest BCUT2D eigenvalue weighted by molar-refractivity contribution is -0.205. The van der Waals surface area contributed by atoms with E-state index in [1.165, 1.54) is 19.3 Å². The van der Waals surface area contributed by atoms with Gasteiger partial charge in [-0.3, -0.25) is 4.79 Å². The molecule has 0 spiro atoms. The van der Waals surface area contributed by atoms with Gasteiger partial charge < -0.3 is 10.1 Å². The zero-order valence-electron chi connectivity index (χ0n) is 15.9. The molecule has 4 bridgehead atoms. The second kappa shape index (κ2) is 5.21. The van der Waals surface area contributed by atoms with E-state index >= 15 is 0 Å². The Morgan fingerprint density at radius 3 is 2.13 bits per heavy atom. The minimum atomic E-state index is -0.595. The van der Waals surface area contributed by atoms with Crippen LogP contribution in [0.25, 0.3) is 0 Å². The Morgan fingerprint density at radius 2 is 1.70 bits per heavy atom. The summed E-state index contributed by atoms with van der Waals surface area (Å²) >= 11 is 0. The Morgan fingerprint density at radius 1 is 1.13 bits per heavy atom. The fraction of sp³-hybridized carbons (Fsp3) is 0.950. The highest BCUT2D eigenvalue weighted by Gasteiger charge is 2.58. The predicted molar refractivity (Wildman–Crippen MR) is 93.1 cm³/mol. The molecule has 4 rings (SSSR count). The molecule has 3 heteroatoms. The van der Waals surface area contributed by atoms with Gasteiger partial charge in [0.2, 0.25) is 0 Å². The van der Waals surface area contributed by atoms with E-state index in [-0.39, 0.29) is 17.0 Å². The Labute approximate surface area is 141 Å². The van der Waals surface area contributed by atoms with Gasteiger partial charge >= 0.3 is 5.97 Å². The first-order valence-electron chi connectivity index (χ1n) is 9.39. The molecule has 4 fully saturated rings. The molecule has 3 atom stereocenters. The zero-order valence-corrected chi connectivity index (χ0v) is 15.9. The zero-order chi connectivity index (χ0) is 17.1. The van der Waals surface area contributed by atoms with E-state index in [9.17, 15) is 4.79 Å². The van der Waals surface area contributed by atoms with Gasteiger partial charge in [-0.2, -0.15) is 0 Å². The summed E-state index contributed by atoms with van der Waals surface area (Å²) in [5, 5.41) is 3.25. The number of nitrogens with one attached hydrogen (secondary N) is 1. The van der Waals surface area contributed by atoms with Gasteiger partial charge in [-0.25, -0.2) is 0 Å². The van der Waals surface area contributed by atoms with Gasteiger partial charge in [-0.1, -0.05) is 27.7 Å². The summed E-state index contributed by atoms with van der Waals surface area (Å²) in [6.07, 6.45) is 8.10. The quantitative estimate of drug-likeness (QED) is 0.784. The number of carbonyl (C=O) groups is 1. The number of hydrogen-bond donors (Lipinski definition) is 1. The lowest BCUT2D eigenvalue weighted by atomic mass is 9.48. The third kappa shape index (κ3) is 3.31. The van der Waals surface area contributed by atoms with Crippen LogP contribution >= 0.6 is 0 Å². The summed E-state index contributed by atoms with van der Waals surface area (Å²) < 4.78 is 6.32. The average Bonchev–Trinajstić information content (AvgIpc) is 2.32. The van der Waals surface area contributed by atoms with Crippen LogP contribution in [0.5, 0.6) is 0 Å². The lowest BCUT2D eigenvalue weighted by Gasteiger charge is -2.60. The second-order valence-corrected chi connectivity index (χ2v) is 10.7. The SMILES string of the molecule is CNC(C)(CC(C)(C)C)C(=O)OC12CC3CC(CC(C)(C3)C1)C2. The molecule has 23 heavy (non-hydrogen) atoms. The lowest BCUT2D eigenvalue weighted by Crippen LogP contribution is -2.60. The second-order valence-electron chi connectivity index (χ2n) is 10.7. The van der Waals surface area contributed by atoms with Crippen LogP contribution in [0.3, 0.4) is 0 Å². The van der Waals surface area contributed by atoms with E-state index in [4.69, 9.17) is 4.74 Å². The van der Waals surface area contributed by atoms with Crippen molar-refractivity contribution >= 4 is 5.97 Å². The summed E-state index contributed by atoms with van der Waals surface area (Å²) in [5.74, 6) is 1.51. The summed E-state index contributed by atoms with van der Waals surface area (Å²) in [6, 6.07) is 0. The van der Waals surface area contributed by atoms with Gasteiger partial charge in [0.25, 0.3) is 0 Å². The van der Waals surface area contributed by atoms with E-state index in [0.717, 1.165) is 37.5 Å². The van der Waals surface area contributed by atoms with Gasteiger partial charge in [-0.15, -0.1) is 0 Å². The smallest absolute Gasteiger partial charge is 0.326 e. The van der Waals surface area contributed by atoms with Crippen molar-refractivity contribution in [3.05, 3.63) is 0 Å². The van der Waals surface area contributed by atoms with Crippen LogP contribution in [0.4, 0.5) is 0 Å². The van der Waals surface area contributed by atoms with E-state index in [2.05, 4.69) is 33.0 Å². The number of esters is 1. The van der Waals surface area contributed by atoms with Crippen LogP contribution in [0.15, 0.2) is 0 Å². The van der Waals surface area contributed by atoms with Crippen molar-refractivity contribution in [1.82, 2.24) is 5.32 Å². The van der Waals surface area contributed by atoms with E-state index in [1.807, 2.05) is 14.0 Å². The molecule has 0 aliphatic heterocycles. The number of carbonyl (C=O) groups excluding carboxylic acids is 1. The van der Waals surface area contributed by atoms with Crippen molar-refractivity contribution in [1.29, 1.82) is 0 Å². The van der Waals surface area contributed by atoms with Crippen molar-refractivity contribution in [2.24, 2.45) is 22.7 Å². The van der Waals surface area contributed by atoms with Gasteiger partial charge in [0.15, 0.2) is 0 Å². The molecule has 4 aliphatic carbocycles. The molecule has 3 unspecified atom stereocenters. The Hall–Kier alpha value is -0.570. The summed E-state index contributed by atoms with van der Waals surface area (Å²) in [6.45, 7) is 11.0. The largest absolute Gasteiger partial charge is 0.458 e. The number of rotatable bonds is 4. The Balaban J connectivity index is 1.77. The summed E-state index contributed by atoms with van der Waals surface area (Å²) in [4.78, 5) is 13.1. The van der Waals surface area contributed by atoms with Crippen molar-refractivity contribution in [2.45, 2.75) is 90.7 Å². The fourth-order valence-electron chi connectivity index (χ4n) is 6.38. The molecule has 4 saturated carbocycles. The highest BCUT2D eigenvalue weighted by Crippen LogP contribution is 2.62. The Bertz CT molecular complexity index is 478. The molecule has 132 valence electrons. The predicted octanol–water partition coefficient (Wildman–Crippen LogP) is 4.30. The molecule has 0 amide bonds. The van der Waals surface area contributed by atoms with E-state index < -0.39 is 5.54 Å². The molecule has 0 aromatic carbocycles. The molecule has 0 aromatic rings. The van der Waals surface area contributed by atoms with Crippen LogP contribution in [0, 0.1) is 22.7 Å². The van der Waals surface area contributed by atoms with Crippen LogP contribution in [-0.2, 0) is 9.53 Å². The molecular weight excluding hydrogens is 286 g/mol. The van der Waals surface area contributed by atoms with Gasteiger partial charge in [-0.05, 0) is 81.6 Å². The maximum Gasteiger partial charge on any atom is 0.326 e. The fourth-order valence-corrected chi connectivity index (χ4v) is 6.38. The third-order valence-corrected chi connectivity index (χ3v) is 6.50. The first kappa shape index (κ1) is 17.3. The third-order valence-electron chi connectivity index (χ3n) is 6.50. The first-order chi connectivity index (χ1) is 10.5. The first-order valence-corrected chi connectivity index (χ1v) is 9.39. The van der Waals surface area contributed by atoms with E-state index in [1.54, 1.807) is 0 Å². The highest BCUT2D eigenvalue weighted by atomic mass is 16.6. The van der Waals surface area contributed by atoms with E-state index in [0.29, 0.717) is 5.41 Å². The molecule has 0 saturated heterocycles. The maximum atomic E-state index is 13.1. The van der Waals surface area contributed by atoms with Crippen LogP contribution in [-0.4, -0.2) is 24.2 Å². The topological polar surface area (TPSA) is 38.3 Å².